The second-order valence-electron chi connectivity index (χ2n) is 4.81. The highest BCUT2D eigenvalue weighted by Crippen LogP contribution is 2.21. The van der Waals surface area contributed by atoms with Crippen molar-refractivity contribution in [3.05, 3.63) is 60.3 Å². The van der Waals surface area contributed by atoms with Gasteiger partial charge < -0.3 is 5.73 Å². The minimum absolute atomic E-state index is 0.361. The Kier molecular flexibility index (Phi) is 4.36. The summed E-state index contributed by atoms with van der Waals surface area (Å²) in [6.45, 7) is 0. The number of nitrogen functional groups attached to an aromatic ring is 1. The van der Waals surface area contributed by atoms with Crippen LogP contribution in [0.4, 0.5) is 5.95 Å². The molecule has 0 spiro atoms. The number of thioether (sulfide) groups is 1. The summed E-state index contributed by atoms with van der Waals surface area (Å²) in [5.41, 5.74) is 7.77. The van der Waals surface area contributed by atoms with Crippen LogP contribution in [-0.4, -0.2) is 15.7 Å². The molecule has 1 aromatic heterocycles. The summed E-state index contributed by atoms with van der Waals surface area (Å²) >= 11 is 1.87. The van der Waals surface area contributed by atoms with Gasteiger partial charge in [-0.1, -0.05) is 36.4 Å². The second-order valence-corrected chi connectivity index (χ2v) is 5.98. The SMILES string of the molecule is Nc1nc(CCCSc2ccccc2)c2ccccc2n1. The van der Waals surface area contributed by atoms with Crippen LogP contribution < -0.4 is 5.73 Å². The van der Waals surface area contributed by atoms with Crippen molar-refractivity contribution < 1.29 is 0 Å². The zero-order valence-electron chi connectivity index (χ0n) is 11.7. The molecule has 1 heterocycles. The van der Waals surface area contributed by atoms with Gasteiger partial charge in [0.25, 0.3) is 0 Å². The van der Waals surface area contributed by atoms with Crippen LogP contribution >= 0.6 is 11.8 Å². The first-order chi connectivity index (χ1) is 10.3. The Morgan fingerprint density at radius 1 is 0.905 bits per heavy atom. The van der Waals surface area contributed by atoms with Crippen LogP contribution in [0, 0.1) is 0 Å². The largest absolute Gasteiger partial charge is 0.368 e. The van der Waals surface area contributed by atoms with Crippen molar-refractivity contribution >= 4 is 28.6 Å². The van der Waals surface area contributed by atoms with Gasteiger partial charge >= 0.3 is 0 Å². The van der Waals surface area contributed by atoms with Gasteiger partial charge in [-0.05, 0) is 36.8 Å². The molecule has 0 saturated carbocycles. The highest BCUT2D eigenvalue weighted by molar-refractivity contribution is 7.99. The number of aromatic nitrogens is 2. The van der Waals surface area contributed by atoms with Crippen LogP contribution in [0.25, 0.3) is 10.9 Å². The summed E-state index contributed by atoms with van der Waals surface area (Å²) in [5.74, 6) is 1.43. The monoisotopic (exact) mass is 295 g/mol. The number of nitrogens with two attached hydrogens (primary N) is 1. The molecule has 3 rings (SSSR count). The second kappa shape index (κ2) is 6.59. The van der Waals surface area contributed by atoms with Gasteiger partial charge in [0, 0.05) is 10.3 Å². The summed E-state index contributed by atoms with van der Waals surface area (Å²) < 4.78 is 0. The molecule has 0 aliphatic rings. The maximum Gasteiger partial charge on any atom is 0.220 e. The van der Waals surface area contributed by atoms with Gasteiger partial charge in [-0.25, -0.2) is 9.97 Å². The summed E-state index contributed by atoms with van der Waals surface area (Å²) in [5, 5.41) is 1.11. The third-order valence-corrected chi connectivity index (χ3v) is 4.37. The Balaban J connectivity index is 1.65. The van der Waals surface area contributed by atoms with Crippen LogP contribution in [0.15, 0.2) is 59.5 Å². The van der Waals surface area contributed by atoms with Gasteiger partial charge in [0.15, 0.2) is 0 Å². The number of para-hydroxylation sites is 1. The third-order valence-electron chi connectivity index (χ3n) is 3.27. The zero-order chi connectivity index (χ0) is 14.5. The van der Waals surface area contributed by atoms with E-state index in [0.717, 1.165) is 35.2 Å². The molecule has 3 nitrogen and oxygen atoms in total. The van der Waals surface area contributed by atoms with E-state index in [4.69, 9.17) is 5.73 Å². The number of aryl methyl sites for hydroxylation is 1. The van der Waals surface area contributed by atoms with E-state index >= 15 is 0 Å². The molecular weight excluding hydrogens is 278 g/mol. The Hall–Kier alpha value is -2.07. The van der Waals surface area contributed by atoms with Crippen LogP contribution in [0.3, 0.4) is 0 Å². The summed E-state index contributed by atoms with van der Waals surface area (Å²) in [6.07, 6.45) is 1.99. The Morgan fingerprint density at radius 2 is 1.67 bits per heavy atom. The van der Waals surface area contributed by atoms with E-state index in [1.165, 1.54) is 4.90 Å². The quantitative estimate of drug-likeness (QED) is 0.572. The molecule has 0 fully saturated rings. The van der Waals surface area contributed by atoms with Crippen LogP contribution in [0.1, 0.15) is 12.1 Å². The van der Waals surface area contributed by atoms with E-state index in [1.54, 1.807) is 0 Å². The molecule has 0 amide bonds. The fourth-order valence-electron chi connectivity index (χ4n) is 2.30. The van der Waals surface area contributed by atoms with Crippen molar-refractivity contribution in [3.63, 3.8) is 0 Å². The Morgan fingerprint density at radius 3 is 2.52 bits per heavy atom. The minimum Gasteiger partial charge on any atom is -0.368 e. The smallest absolute Gasteiger partial charge is 0.220 e. The molecule has 0 unspecified atom stereocenters. The lowest BCUT2D eigenvalue weighted by atomic mass is 10.1. The fraction of sp³-hybridized carbons (Fsp3) is 0.176. The number of fused-ring (bicyclic) bond motifs is 1. The maximum atomic E-state index is 5.79. The topological polar surface area (TPSA) is 51.8 Å². The van der Waals surface area contributed by atoms with Gasteiger partial charge in [-0.3, -0.25) is 0 Å². The van der Waals surface area contributed by atoms with Gasteiger partial charge in [0.05, 0.1) is 11.2 Å². The molecule has 2 aromatic carbocycles. The van der Waals surface area contributed by atoms with Crippen molar-refractivity contribution in [3.8, 4) is 0 Å². The van der Waals surface area contributed by atoms with Gasteiger partial charge in [-0.2, -0.15) is 0 Å². The summed E-state index contributed by atoms with van der Waals surface area (Å²) in [6, 6.07) is 18.5. The molecule has 2 N–H and O–H groups in total. The lowest BCUT2D eigenvalue weighted by Crippen LogP contribution is -2.01. The van der Waals surface area contributed by atoms with Gasteiger partial charge in [0.1, 0.15) is 0 Å². The van der Waals surface area contributed by atoms with Crippen LogP contribution in [-0.2, 0) is 6.42 Å². The average molecular weight is 295 g/mol. The molecular formula is C17H17N3S. The van der Waals surface area contributed by atoms with Crippen molar-refractivity contribution in [2.45, 2.75) is 17.7 Å². The van der Waals surface area contributed by atoms with Crippen molar-refractivity contribution in [1.82, 2.24) is 9.97 Å². The molecule has 0 saturated heterocycles. The van der Waals surface area contributed by atoms with E-state index < -0.39 is 0 Å². The van der Waals surface area contributed by atoms with E-state index in [0.29, 0.717) is 5.95 Å². The highest BCUT2D eigenvalue weighted by Gasteiger charge is 2.05. The molecule has 0 aliphatic carbocycles. The van der Waals surface area contributed by atoms with E-state index in [9.17, 15) is 0 Å². The lowest BCUT2D eigenvalue weighted by Gasteiger charge is -2.06. The van der Waals surface area contributed by atoms with Crippen molar-refractivity contribution in [2.75, 3.05) is 11.5 Å². The predicted molar refractivity (Wildman–Crippen MR) is 89.4 cm³/mol. The molecule has 0 radical (unpaired) electrons. The number of hydrogen-bond acceptors (Lipinski definition) is 4. The standard InChI is InChI=1S/C17H17N3S/c18-17-19-15-10-5-4-9-14(15)16(20-17)11-6-12-21-13-7-2-1-3-8-13/h1-5,7-10H,6,11-12H2,(H2,18,19,20). The minimum atomic E-state index is 0.361. The third kappa shape index (κ3) is 3.52. The molecule has 0 bridgehead atoms. The Bertz CT molecular complexity index is 728. The van der Waals surface area contributed by atoms with Gasteiger partial charge in [-0.15, -0.1) is 11.8 Å². The van der Waals surface area contributed by atoms with Gasteiger partial charge in [0.2, 0.25) is 5.95 Å². The maximum absolute atomic E-state index is 5.79. The van der Waals surface area contributed by atoms with Crippen LogP contribution in [0.5, 0.6) is 0 Å². The first kappa shape index (κ1) is 13.9. The lowest BCUT2D eigenvalue weighted by molar-refractivity contribution is 0.899. The van der Waals surface area contributed by atoms with E-state index in [1.807, 2.05) is 36.0 Å². The number of hydrogen-bond donors (Lipinski definition) is 1. The van der Waals surface area contributed by atoms with E-state index in [-0.39, 0.29) is 0 Å². The number of rotatable bonds is 5. The highest BCUT2D eigenvalue weighted by atomic mass is 32.2. The molecule has 21 heavy (non-hydrogen) atoms. The van der Waals surface area contributed by atoms with Crippen LogP contribution in [0.2, 0.25) is 0 Å². The number of nitrogens with zero attached hydrogens (tertiary/aromatic N) is 2. The molecule has 0 aliphatic heterocycles. The molecule has 106 valence electrons. The van der Waals surface area contributed by atoms with Crippen molar-refractivity contribution in [1.29, 1.82) is 0 Å². The molecule has 0 atom stereocenters. The average Bonchev–Trinajstić information content (AvgIpc) is 2.52. The fourth-order valence-corrected chi connectivity index (χ4v) is 3.17. The summed E-state index contributed by atoms with van der Waals surface area (Å²) in [7, 11) is 0. The predicted octanol–water partition coefficient (Wildman–Crippen LogP) is 3.94. The molecule has 4 heteroatoms. The normalized spacial score (nSPS) is 10.9. The molecule has 3 aromatic rings. The van der Waals surface area contributed by atoms with Crippen molar-refractivity contribution in [2.24, 2.45) is 0 Å². The summed E-state index contributed by atoms with van der Waals surface area (Å²) in [4.78, 5) is 9.99. The first-order valence-corrected chi connectivity index (χ1v) is 8.00. The van der Waals surface area contributed by atoms with E-state index in [2.05, 4.69) is 40.3 Å². The number of benzene rings is 2. The number of anilines is 1. The zero-order valence-corrected chi connectivity index (χ0v) is 12.5. The Labute approximate surface area is 128 Å². The first-order valence-electron chi connectivity index (χ1n) is 7.02.